The Bertz CT molecular complexity index is 552. The molecular weight excluding hydrogens is 230 g/mol. The summed E-state index contributed by atoms with van der Waals surface area (Å²) < 4.78 is 5.10. The van der Waals surface area contributed by atoms with E-state index in [-0.39, 0.29) is 17.9 Å². The van der Waals surface area contributed by atoms with Gasteiger partial charge >= 0.3 is 5.97 Å². The van der Waals surface area contributed by atoms with Crippen molar-refractivity contribution in [3.63, 3.8) is 0 Å². The summed E-state index contributed by atoms with van der Waals surface area (Å²) >= 11 is 0. The summed E-state index contributed by atoms with van der Waals surface area (Å²) in [7, 11) is 0. The summed E-state index contributed by atoms with van der Waals surface area (Å²) in [4.78, 5) is 11.7. The first-order chi connectivity index (χ1) is 8.66. The van der Waals surface area contributed by atoms with Crippen molar-refractivity contribution in [2.45, 2.75) is 6.61 Å². The van der Waals surface area contributed by atoms with E-state index in [0.29, 0.717) is 5.69 Å². The van der Waals surface area contributed by atoms with Crippen LogP contribution in [0.3, 0.4) is 0 Å². The van der Waals surface area contributed by atoms with Crippen LogP contribution < -0.4 is 5.73 Å². The Morgan fingerprint density at radius 2 is 1.89 bits per heavy atom. The van der Waals surface area contributed by atoms with Crippen molar-refractivity contribution in [3.8, 4) is 5.75 Å². The lowest BCUT2D eigenvalue weighted by Gasteiger charge is -2.06. The molecule has 3 N–H and O–H groups in total. The molecule has 0 heterocycles. The van der Waals surface area contributed by atoms with Crippen molar-refractivity contribution in [1.29, 1.82) is 0 Å². The van der Waals surface area contributed by atoms with Gasteiger partial charge in [0.15, 0.2) is 0 Å². The summed E-state index contributed by atoms with van der Waals surface area (Å²) in [5, 5.41) is 9.58. The number of benzene rings is 2. The van der Waals surface area contributed by atoms with Crippen LogP contribution in [0.2, 0.25) is 0 Å². The van der Waals surface area contributed by atoms with Gasteiger partial charge in [-0.25, -0.2) is 4.79 Å². The van der Waals surface area contributed by atoms with Crippen LogP contribution in [-0.4, -0.2) is 11.1 Å². The Hall–Kier alpha value is -2.49. The van der Waals surface area contributed by atoms with E-state index >= 15 is 0 Å². The number of esters is 1. The highest BCUT2D eigenvalue weighted by atomic mass is 16.5. The van der Waals surface area contributed by atoms with Crippen LogP contribution in [0.15, 0.2) is 48.5 Å². The van der Waals surface area contributed by atoms with E-state index < -0.39 is 5.97 Å². The highest BCUT2D eigenvalue weighted by molar-refractivity contribution is 5.92. The van der Waals surface area contributed by atoms with Gasteiger partial charge in [-0.3, -0.25) is 0 Å². The van der Waals surface area contributed by atoms with E-state index in [9.17, 15) is 9.90 Å². The SMILES string of the molecule is Nc1ccc(C(=O)OCc2ccccc2)c(O)c1. The zero-order chi connectivity index (χ0) is 13.0. The summed E-state index contributed by atoms with van der Waals surface area (Å²) in [5.41, 5.74) is 6.88. The molecule has 0 atom stereocenters. The van der Waals surface area contributed by atoms with Gasteiger partial charge in [0.05, 0.1) is 0 Å². The second-order valence-electron chi connectivity index (χ2n) is 3.84. The Morgan fingerprint density at radius 1 is 1.17 bits per heavy atom. The van der Waals surface area contributed by atoms with Crippen LogP contribution in [-0.2, 0) is 11.3 Å². The second-order valence-corrected chi connectivity index (χ2v) is 3.84. The highest BCUT2D eigenvalue weighted by Crippen LogP contribution is 2.21. The van der Waals surface area contributed by atoms with E-state index in [1.165, 1.54) is 12.1 Å². The first-order valence-electron chi connectivity index (χ1n) is 5.46. The van der Waals surface area contributed by atoms with Gasteiger partial charge in [-0.15, -0.1) is 0 Å². The van der Waals surface area contributed by atoms with Gasteiger partial charge in [0.25, 0.3) is 0 Å². The number of hydrogen-bond donors (Lipinski definition) is 2. The van der Waals surface area contributed by atoms with Gasteiger partial charge in [-0.2, -0.15) is 0 Å². The number of ether oxygens (including phenoxy) is 1. The fourth-order valence-electron chi connectivity index (χ4n) is 1.52. The van der Waals surface area contributed by atoms with Crippen molar-refractivity contribution in [1.82, 2.24) is 0 Å². The molecule has 2 aromatic carbocycles. The van der Waals surface area contributed by atoms with Crippen LogP contribution in [0, 0.1) is 0 Å². The van der Waals surface area contributed by atoms with Crippen molar-refractivity contribution >= 4 is 11.7 Å². The van der Waals surface area contributed by atoms with E-state index in [1.807, 2.05) is 30.3 Å². The number of phenolic OH excluding ortho intramolecular Hbond substituents is 1. The topological polar surface area (TPSA) is 72.6 Å². The molecule has 0 aliphatic rings. The van der Waals surface area contributed by atoms with Gasteiger partial charge in [0.1, 0.15) is 17.9 Å². The maximum Gasteiger partial charge on any atom is 0.342 e. The normalized spacial score (nSPS) is 10.0. The van der Waals surface area contributed by atoms with E-state index in [2.05, 4.69) is 0 Å². The molecule has 0 spiro atoms. The Labute approximate surface area is 105 Å². The molecule has 0 unspecified atom stereocenters. The summed E-state index contributed by atoms with van der Waals surface area (Å²) in [6, 6.07) is 13.6. The minimum Gasteiger partial charge on any atom is -0.507 e. The quantitative estimate of drug-likeness (QED) is 0.641. The molecule has 0 bridgehead atoms. The van der Waals surface area contributed by atoms with Crippen LogP contribution in [0.1, 0.15) is 15.9 Å². The minimum absolute atomic E-state index is 0.111. The Kier molecular flexibility index (Phi) is 3.48. The minimum atomic E-state index is -0.573. The molecule has 0 fully saturated rings. The van der Waals surface area contributed by atoms with Crippen molar-refractivity contribution in [2.75, 3.05) is 5.73 Å². The number of carbonyl (C=O) groups is 1. The maximum atomic E-state index is 11.7. The first-order valence-corrected chi connectivity index (χ1v) is 5.46. The molecule has 92 valence electrons. The third-order valence-corrected chi connectivity index (χ3v) is 2.45. The number of nitrogens with two attached hydrogens (primary N) is 1. The Balaban J connectivity index is 2.04. The van der Waals surface area contributed by atoms with Crippen LogP contribution in [0.5, 0.6) is 5.75 Å². The van der Waals surface area contributed by atoms with Gasteiger partial charge in [-0.05, 0) is 17.7 Å². The Morgan fingerprint density at radius 3 is 2.56 bits per heavy atom. The third-order valence-electron chi connectivity index (χ3n) is 2.45. The first kappa shape index (κ1) is 12.0. The van der Waals surface area contributed by atoms with Crippen molar-refractivity contribution < 1.29 is 14.6 Å². The molecule has 0 aliphatic heterocycles. The number of phenols is 1. The zero-order valence-electron chi connectivity index (χ0n) is 9.67. The van der Waals surface area contributed by atoms with Crippen LogP contribution in [0.4, 0.5) is 5.69 Å². The molecule has 2 aromatic rings. The average Bonchev–Trinajstić information content (AvgIpc) is 2.37. The standard InChI is InChI=1S/C14H13NO3/c15-11-6-7-12(13(16)8-11)14(17)18-9-10-4-2-1-3-5-10/h1-8,16H,9,15H2. The fraction of sp³-hybridized carbons (Fsp3) is 0.0714. The number of rotatable bonds is 3. The summed E-state index contributed by atoms with van der Waals surface area (Å²) in [6.07, 6.45) is 0. The third kappa shape index (κ3) is 2.79. The molecule has 0 aromatic heterocycles. The molecule has 0 amide bonds. The van der Waals surface area contributed by atoms with Gasteiger partial charge in [-0.1, -0.05) is 30.3 Å². The van der Waals surface area contributed by atoms with Gasteiger partial charge in [0, 0.05) is 11.8 Å². The number of hydrogen-bond acceptors (Lipinski definition) is 4. The maximum absolute atomic E-state index is 11.7. The van der Waals surface area contributed by atoms with E-state index in [4.69, 9.17) is 10.5 Å². The van der Waals surface area contributed by atoms with Gasteiger partial charge in [0.2, 0.25) is 0 Å². The molecule has 4 nitrogen and oxygen atoms in total. The zero-order valence-corrected chi connectivity index (χ0v) is 9.67. The lowest BCUT2D eigenvalue weighted by Crippen LogP contribution is -2.05. The molecule has 4 heteroatoms. The fourth-order valence-corrected chi connectivity index (χ4v) is 1.52. The molecule has 0 aliphatic carbocycles. The molecule has 2 rings (SSSR count). The predicted molar refractivity (Wildman–Crippen MR) is 68.1 cm³/mol. The summed E-state index contributed by atoms with van der Waals surface area (Å²) in [5.74, 6) is -0.746. The number of carbonyl (C=O) groups excluding carboxylic acids is 1. The van der Waals surface area contributed by atoms with Crippen molar-refractivity contribution in [3.05, 3.63) is 59.7 Å². The number of nitrogen functional groups attached to an aromatic ring is 1. The van der Waals surface area contributed by atoms with Gasteiger partial charge < -0.3 is 15.6 Å². The van der Waals surface area contributed by atoms with Crippen LogP contribution in [0.25, 0.3) is 0 Å². The smallest absolute Gasteiger partial charge is 0.342 e. The van der Waals surface area contributed by atoms with Crippen LogP contribution >= 0.6 is 0 Å². The lowest BCUT2D eigenvalue weighted by molar-refractivity contribution is 0.0469. The second kappa shape index (κ2) is 5.23. The number of anilines is 1. The predicted octanol–water partition coefficient (Wildman–Crippen LogP) is 2.33. The number of aromatic hydroxyl groups is 1. The molecule has 18 heavy (non-hydrogen) atoms. The summed E-state index contributed by atoms with van der Waals surface area (Å²) in [6.45, 7) is 0.170. The van der Waals surface area contributed by atoms with Crippen molar-refractivity contribution in [2.24, 2.45) is 0 Å². The van der Waals surface area contributed by atoms with E-state index in [1.54, 1.807) is 6.07 Å². The van der Waals surface area contributed by atoms with E-state index in [0.717, 1.165) is 5.56 Å². The molecular formula is C14H13NO3. The molecule has 0 radical (unpaired) electrons. The monoisotopic (exact) mass is 243 g/mol. The molecule has 0 saturated heterocycles. The average molecular weight is 243 g/mol. The molecule has 0 saturated carbocycles. The largest absolute Gasteiger partial charge is 0.507 e. The lowest BCUT2D eigenvalue weighted by atomic mass is 10.2. The highest BCUT2D eigenvalue weighted by Gasteiger charge is 2.12.